The maximum Gasteiger partial charge on any atom is 0.254 e. The predicted molar refractivity (Wildman–Crippen MR) is 94.5 cm³/mol. The maximum atomic E-state index is 12.7. The maximum absolute atomic E-state index is 12.7. The van der Waals surface area contributed by atoms with E-state index in [1.807, 2.05) is 64.3 Å². The summed E-state index contributed by atoms with van der Waals surface area (Å²) < 4.78 is 2.04. The third kappa shape index (κ3) is 2.67. The van der Waals surface area contributed by atoms with Crippen LogP contribution >= 0.6 is 0 Å². The largest absolute Gasteiger partial charge is 0.336 e. The van der Waals surface area contributed by atoms with Gasteiger partial charge >= 0.3 is 0 Å². The molecule has 0 bridgehead atoms. The Morgan fingerprint density at radius 1 is 1.00 bits per heavy atom. The van der Waals surface area contributed by atoms with Crippen LogP contribution in [0.1, 0.15) is 10.4 Å². The number of carbonyl (C=O) groups is 1. The van der Waals surface area contributed by atoms with Crippen molar-refractivity contribution in [3.05, 3.63) is 60.4 Å². The molecule has 0 unspecified atom stereocenters. The van der Waals surface area contributed by atoms with Crippen molar-refractivity contribution in [3.8, 4) is 5.69 Å². The van der Waals surface area contributed by atoms with Crippen molar-refractivity contribution in [1.29, 1.82) is 0 Å². The van der Waals surface area contributed by atoms with E-state index in [1.54, 1.807) is 0 Å². The molecule has 2 heterocycles. The summed E-state index contributed by atoms with van der Waals surface area (Å²) in [7, 11) is 2.09. The van der Waals surface area contributed by atoms with Gasteiger partial charge in [-0.2, -0.15) is 0 Å². The first-order valence-corrected chi connectivity index (χ1v) is 8.23. The summed E-state index contributed by atoms with van der Waals surface area (Å²) >= 11 is 0. The summed E-state index contributed by atoms with van der Waals surface area (Å²) in [5, 5.41) is 0. The SMILES string of the molecule is CN1CCN(C(=O)c2ccc3c(c2)ncn3-c2ccccc2)CC1. The van der Waals surface area contributed by atoms with Crippen molar-refractivity contribution in [3.63, 3.8) is 0 Å². The number of hydrogen-bond donors (Lipinski definition) is 0. The number of benzene rings is 2. The Morgan fingerprint density at radius 2 is 1.75 bits per heavy atom. The van der Waals surface area contributed by atoms with Crippen molar-refractivity contribution >= 4 is 16.9 Å². The highest BCUT2D eigenvalue weighted by Crippen LogP contribution is 2.20. The smallest absolute Gasteiger partial charge is 0.254 e. The second-order valence-electron chi connectivity index (χ2n) is 6.25. The minimum atomic E-state index is 0.0965. The molecule has 1 saturated heterocycles. The van der Waals surface area contributed by atoms with Crippen LogP contribution in [0, 0.1) is 0 Å². The molecule has 3 aromatic rings. The fourth-order valence-electron chi connectivity index (χ4n) is 3.13. The van der Waals surface area contributed by atoms with E-state index in [0.717, 1.165) is 42.9 Å². The van der Waals surface area contributed by atoms with E-state index in [2.05, 4.69) is 16.9 Å². The van der Waals surface area contributed by atoms with Gasteiger partial charge in [0.05, 0.1) is 11.0 Å². The Balaban J connectivity index is 1.64. The third-order valence-corrected chi connectivity index (χ3v) is 4.62. The molecule has 5 nitrogen and oxygen atoms in total. The lowest BCUT2D eigenvalue weighted by molar-refractivity contribution is 0.0664. The van der Waals surface area contributed by atoms with Crippen LogP contribution in [-0.2, 0) is 0 Å². The van der Waals surface area contributed by atoms with Gasteiger partial charge in [0.2, 0.25) is 0 Å². The minimum Gasteiger partial charge on any atom is -0.336 e. The number of fused-ring (bicyclic) bond motifs is 1. The zero-order valence-corrected chi connectivity index (χ0v) is 13.7. The Hall–Kier alpha value is -2.66. The summed E-state index contributed by atoms with van der Waals surface area (Å²) in [5.41, 5.74) is 3.64. The van der Waals surface area contributed by atoms with Gasteiger partial charge in [-0.1, -0.05) is 18.2 Å². The van der Waals surface area contributed by atoms with Crippen LogP contribution in [0.15, 0.2) is 54.9 Å². The Bertz CT molecular complexity index is 863. The zero-order chi connectivity index (χ0) is 16.5. The van der Waals surface area contributed by atoms with E-state index in [1.165, 1.54) is 0 Å². The van der Waals surface area contributed by atoms with E-state index >= 15 is 0 Å². The highest BCUT2D eigenvalue weighted by Gasteiger charge is 2.21. The van der Waals surface area contributed by atoms with Crippen LogP contribution in [0.5, 0.6) is 0 Å². The second-order valence-corrected chi connectivity index (χ2v) is 6.25. The summed E-state index contributed by atoms with van der Waals surface area (Å²) in [4.78, 5) is 21.3. The molecule has 1 aliphatic heterocycles. The number of imidazole rings is 1. The van der Waals surface area contributed by atoms with Gasteiger partial charge < -0.3 is 9.80 Å². The summed E-state index contributed by atoms with van der Waals surface area (Å²) in [6.45, 7) is 3.42. The fraction of sp³-hybridized carbons (Fsp3) is 0.263. The van der Waals surface area contributed by atoms with Crippen LogP contribution in [0.4, 0.5) is 0 Å². The molecular formula is C19H20N4O. The number of carbonyl (C=O) groups excluding carboxylic acids is 1. The van der Waals surface area contributed by atoms with Gasteiger partial charge in [0.1, 0.15) is 6.33 Å². The van der Waals surface area contributed by atoms with Crippen molar-refractivity contribution in [1.82, 2.24) is 19.4 Å². The van der Waals surface area contributed by atoms with Gasteiger partial charge in [-0.25, -0.2) is 4.98 Å². The highest BCUT2D eigenvalue weighted by atomic mass is 16.2. The first-order valence-electron chi connectivity index (χ1n) is 8.23. The second kappa shape index (κ2) is 6.09. The summed E-state index contributed by atoms with van der Waals surface area (Å²) in [6.07, 6.45) is 1.81. The molecule has 5 heteroatoms. The van der Waals surface area contributed by atoms with Crippen molar-refractivity contribution in [2.45, 2.75) is 0 Å². The molecule has 1 amide bonds. The van der Waals surface area contributed by atoms with Gasteiger partial charge in [-0.05, 0) is 37.4 Å². The van der Waals surface area contributed by atoms with E-state index in [-0.39, 0.29) is 5.91 Å². The zero-order valence-electron chi connectivity index (χ0n) is 13.7. The van der Waals surface area contributed by atoms with Crippen LogP contribution in [0.2, 0.25) is 0 Å². The van der Waals surface area contributed by atoms with Gasteiger partial charge in [0.15, 0.2) is 0 Å². The van der Waals surface area contributed by atoms with E-state index in [9.17, 15) is 4.79 Å². The average molecular weight is 320 g/mol. The molecule has 122 valence electrons. The minimum absolute atomic E-state index is 0.0965. The average Bonchev–Trinajstić information content (AvgIpc) is 3.05. The van der Waals surface area contributed by atoms with Crippen LogP contribution in [-0.4, -0.2) is 58.5 Å². The molecule has 0 saturated carbocycles. The number of rotatable bonds is 2. The van der Waals surface area contributed by atoms with Crippen LogP contribution in [0.25, 0.3) is 16.7 Å². The van der Waals surface area contributed by atoms with Crippen molar-refractivity contribution in [2.75, 3.05) is 33.2 Å². The molecule has 0 N–H and O–H groups in total. The third-order valence-electron chi connectivity index (χ3n) is 4.62. The normalized spacial score (nSPS) is 15.8. The lowest BCUT2D eigenvalue weighted by Gasteiger charge is -2.32. The Morgan fingerprint density at radius 3 is 2.50 bits per heavy atom. The molecule has 0 atom stereocenters. The van der Waals surface area contributed by atoms with Crippen LogP contribution in [0.3, 0.4) is 0 Å². The quantitative estimate of drug-likeness (QED) is 0.728. The molecule has 4 rings (SSSR count). The van der Waals surface area contributed by atoms with Gasteiger partial charge in [-0.3, -0.25) is 9.36 Å². The predicted octanol–water partition coefficient (Wildman–Crippen LogP) is 2.41. The fourth-order valence-corrected chi connectivity index (χ4v) is 3.13. The molecule has 0 aliphatic carbocycles. The molecule has 24 heavy (non-hydrogen) atoms. The Kier molecular flexibility index (Phi) is 3.78. The number of piperazine rings is 1. The first-order chi connectivity index (χ1) is 11.7. The molecule has 1 aromatic heterocycles. The number of nitrogens with zero attached hydrogens (tertiary/aromatic N) is 4. The van der Waals surface area contributed by atoms with Crippen molar-refractivity contribution < 1.29 is 4.79 Å². The van der Waals surface area contributed by atoms with Gasteiger partial charge in [0, 0.05) is 37.4 Å². The number of likely N-dealkylation sites (N-methyl/N-ethyl adjacent to an activating group) is 1. The molecule has 1 aliphatic rings. The Labute approximate surface area is 141 Å². The highest BCUT2D eigenvalue weighted by molar-refractivity contribution is 5.97. The molecule has 2 aromatic carbocycles. The standard InChI is InChI=1S/C19H20N4O/c1-21-9-11-22(12-10-21)19(24)15-7-8-18-17(13-15)20-14-23(18)16-5-3-2-4-6-16/h2-8,13-14H,9-12H2,1H3. The van der Waals surface area contributed by atoms with Gasteiger partial charge in [-0.15, -0.1) is 0 Å². The number of aromatic nitrogens is 2. The topological polar surface area (TPSA) is 41.4 Å². The van der Waals surface area contributed by atoms with E-state index < -0.39 is 0 Å². The summed E-state index contributed by atoms with van der Waals surface area (Å²) in [5.74, 6) is 0.0965. The number of para-hydroxylation sites is 1. The van der Waals surface area contributed by atoms with Crippen LogP contribution < -0.4 is 0 Å². The molecule has 0 radical (unpaired) electrons. The van der Waals surface area contributed by atoms with Crippen molar-refractivity contribution in [2.24, 2.45) is 0 Å². The van der Waals surface area contributed by atoms with E-state index in [4.69, 9.17) is 0 Å². The summed E-state index contributed by atoms with van der Waals surface area (Å²) in [6, 6.07) is 15.9. The molecule has 0 spiro atoms. The monoisotopic (exact) mass is 320 g/mol. The first kappa shape index (κ1) is 14.9. The lowest BCUT2D eigenvalue weighted by atomic mass is 10.1. The number of hydrogen-bond acceptors (Lipinski definition) is 3. The molecular weight excluding hydrogens is 300 g/mol. The molecule has 1 fully saturated rings. The van der Waals surface area contributed by atoms with E-state index in [0.29, 0.717) is 5.56 Å². The van der Waals surface area contributed by atoms with Gasteiger partial charge in [0.25, 0.3) is 5.91 Å². The lowest BCUT2D eigenvalue weighted by Crippen LogP contribution is -2.47. The number of amides is 1.